The van der Waals surface area contributed by atoms with Gasteiger partial charge in [-0.05, 0) is 42.5 Å². The molecule has 0 unspecified atom stereocenters. The number of thioether (sulfide) groups is 1. The normalized spacial score (nSPS) is 20.0. The molecule has 1 saturated heterocycles. The second-order valence-electron chi connectivity index (χ2n) is 5.07. The van der Waals surface area contributed by atoms with Crippen molar-refractivity contribution in [2.24, 2.45) is 4.99 Å². The van der Waals surface area contributed by atoms with Gasteiger partial charge < -0.3 is 19.5 Å². The number of benzene rings is 1. The lowest BCUT2D eigenvalue weighted by molar-refractivity contribution is -0.113. The minimum atomic E-state index is -0.234. The van der Waals surface area contributed by atoms with Crippen molar-refractivity contribution in [1.29, 1.82) is 0 Å². The van der Waals surface area contributed by atoms with Crippen LogP contribution in [0.15, 0.2) is 28.1 Å². The van der Waals surface area contributed by atoms with Crippen LogP contribution in [0.5, 0.6) is 11.5 Å². The van der Waals surface area contributed by atoms with Gasteiger partial charge in [0, 0.05) is 13.1 Å². The van der Waals surface area contributed by atoms with Gasteiger partial charge in [-0.2, -0.15) is 4.99 Å². The Bertz CT molecular complexity index is 666. The largest absolute Gasteiger partial charge is 0.504 e. The molecule has 7 heteroatoms. The number of carbonyl (C=O) groups is 1. The van der Waals surface area contributed by atoms with Crippen molar-refractivity contribution >= 4 is 28.9 Å². The van der Waals surface area contributed by atoms with Gasteiger partial charge in [-0.25, -0.2) is 0 Å². The molecule has 3 rings (SSSR count). The summed E-state index contributed by atoms with van der Waals surface area (Å²) in [5.41, 5.74) is 0.792. The van der Waals surface area contributed by atoms with Gasteiger partial charge in [-0.1, -0.05) is 6.07 Å². The van der Waals surface area contributed by atoms with E-state index in [-0.39, 0.29) is 11.7 Å². The summed E-state index contributed by atoms with van der Waals surface area (Å²) in [6.45, 7) is 5.13. The smallest absolute Gasteiger partial charge is 0.286 e. The van der Waals surface area contributed by atoms with E-state index in [0.717, 1.165) is 23.8 Å². The molecule has 1 N–H and O–H groups in total. The van der Waals surface area contributed by atoms with Crippen LogP contribution in [-0.2, 0) is 9.53 Å². The Balaban J connectivity index is 1.76. The molecule has 0 spiro atoms. The number of ether oxygens (including phenoxy) is 2. The molecule has 1 amide bonds. The Morgan fingerprint density at radius 1 is 1.43 bits per heavy atom. The van der Waals surface area contributed by atoms with Gasteiger partial charge in [0.15, 0.2) is 16.7 Å². The van der Waals surface area contributed by atoms with Crippen molar-refractivity contribution in [2.45, 2.75) is 6.92 Å². The molecule has 0 bridgehead atoms. The van der Waals surface area contributed by atoms with Gasteiger partial charge in [0.1, 0.15) is 0 Å². The molecule has 0 aromatic heterocycles. The van der Waals surface area contributed by atoms with Crippen molar-refractivity contribution in [3.8, 4) is 11.5 Å². The van der Waals surface area contributed by atoms with Gasteiger partial charge in [0.05, 0.1) is 24.7 Å². The highest BCUT2D eigenvalue weighted by Crippen LogP contribution is 2.33. The molecule has 2 aliphatic rings. The summed E-state index contributed by atoms with van der Waals surface area (Å²) in [6.07, 6.45) is 1.77. The summed E-state index contributed by atoms with van der Waals surface area (Å²) in [4.78, 5) is 18.9. The molecule has 6 nitrogen and oxygen atoms in total. The standard InChI is InChI=1S/C16H18N2O4S/c1-2-22-13-9-11(3-4-12(13)19)10-14-15(20)17-16(23-14)18-5-7-21-8-6-18/h3-4,9-10,19H,2,5-8H2,1H3/b14-10+. The number of carbonyl (C=O) groups excluding carboxylic acids is 1. The zero-order valence-corrected chi connectivity index (χ0v) is 13.6. The number of aromatic hydroxyl groups is 1. The first-order chi connectivity index (χ1) is 11.2. The first-order valence-corrected chi connectivity index (χ1v) is 8.30. The SMILES string of the molecule is CCOc1cc(/C=C2/SC(N3CCOCC3)=NC2=O)ccc1O. The molecule has 1 aromatic rings. The predicted molar refractivity (Wildman–Crippen MR) is 89.7 cm³/mol. The van der Waals surface area contributed by atoms with Crippen molar-refractivity contribution in [3.63, 3.8) is 0 Å². The fourth-order valence-electron chi connectivity index (χ4n) is 2.33. The summed E-state index contributed by atoms with van der Waals surface area (Å²) >= 11 is 1.37. The van der Waals surface area contributed by atoms with E-state index in [4.69, 9.17) is 9.47 Å². The Morgan fingerprint density at radius 3 is 2.96 bits per heavy atom. The van der Waals surface area contributed by atoms with E-state index in [1.807, 2.05) is 6.92 Å². The molecule has 0 aliphatic carbocycles. The van der Waals surface area contributed by atoms with Gasteiger partial charge in [-0.3, -0.25) is 4.79 Å². The van der Waals surface area contributed by atoms with E-state index >= 15 is 0 Å². The quantitative estimate of drug-likeness (QED) is 0.854. The summed E-state index contributed by atoms with van der Waals surface area (Å²) in [5, 5.41) is 10.5. The van der Waals surface area contributed by atoms with Crippen LogP contribution < -0.4 is 4.74 Å². The van der Waals surface area contributed by atoms with Gasteiger partial charge in [-0.15, -0.1) is 0 Å². The lowest BCUT2D eigenvalue weighted by atomic mass is 10.2. The number of nitrogens with zero attached hydrogens (tertiary/aromatic N) is 2. The van der Waals surface area contributed by atoms with Crippen LogP contribution in [0, 0.1) is 0 Å². The molecule has 0 radical (unpaired) electrons. The highest BCUT2D eigenvalue weighted by atomic mass is 32.2. The minimum absolute atomic E-state index is 0.0876. The number of phenols is 1. The van der Waals surface area contributed by atoms with E-state index < -0.39 is 0 Å². The molecule has 0 atom stereocenters. The maximum absolute atomic E-state index is 12.1. The average Bonchev–Trinajstić information content (AvgIpc) is 2.93. The Morgan fingerprint density at radius 2 is 2.22 bits per heavy atom. The Kier molecular flexibility index (Phi) is 4.88. The highest BCUT2D eigenvalue weighted by Gasteiger charge is 2.27. The number of hydrogen-bond donors (Lipinski definition) is 1. The molecule has 2 aliphatic heterocycles. The predicted octanol–water partition coefficient (Wildman–Crippen LogP) is 2.09. The van der Waals surface area contributed by atoms with E-state index in [0.29, 0.717) is 30.5 Å². The number of phenolic OH excluding ortho intramolecular Hbond substituents is 1. The second kappa shape index (κ2) is 7.06. The third-order valence-corrected chi connectivity index (χ3v) is 4.52. The van der Waals surface area contributed by atoms with Crippen LogP contribution in [0.25, 0.3) is 6.08 Å². The van der Waals surface area contributed by atoms with Crippen molar-refractivity contribution in [2.75, 3.05) is 32.9 Å². The maximum atomic E-state index is 12.1. The average molecular weight is 334 g/mol. The topological polar surface area (TPSA) is 71.4 Å². The van der Waals surface area contributed by atoms with E-state index in [1.54, 1.807) is 24.3 Å². The van der Waals surface area contributed by atoms with E-state index in [9.17, 15) is 9.90 Å². The first-order valence-electron chi connectivity index (χ1n) is 7.48. The number of morpholine rings is 1. The van der Waals surface area contributed by atoms with Crippen molar-refractivity contribution in [1.82, 2.24) is 4.90 Å². The van der Waals surface area contributed by atoms with E-state index in [1.165, 1.54) is 11.8 Å². The summed E-state index contributed by atoms with van der Waals surface area (Å²) in [6, 6.07) is 5.02. The fourth-order valence-corrected chi connectivity index (χ4v) is 3.30. The maximum Gasteiger partial charge on any atom is 0.286 e. The van der Waals surface area contributed by atoms with Gasteiger partial charge >= 0.3 is 0 Å². The third-order valence-electron chi connectivity index (χ3n) is 3.47. The molecule has 23 heavy (non-hydrogen) atoms. The number of amides is 1. The van der Waals surface area contributed by atoms with Crippen molar-refractivity contribution < 1.29 is 19.4 Å². The molecule has 122 valence electrons. The number of rotatable bonds is 3. The zero-order chi connectivity index (χ0) is 16.2. The fraction of sp³-hybridized carbons (Fsp3) is 0.375. The first kappa shape index (κ1) is 15.9. The molecule has 0 saturated carbocycles. The number of amidine groups is 1. The lowest BCUT2D eigenvalue weighted by Crippen LogP contribution is -2.38. The van der Waals surface area contributed by atoms with Crippen LogP contribution in [0.3, 0.4) is 0 Å². The monoisotopic (exact) mass is 334 g/mol. The van der Waals surface area contributed by atoms with E-state index in [2.05, 4.69) is 9.89 Å². The van der Waals surface area contributed by atoms with Crippen LogP contribution in [0.2, 0.25) is 0 Å². The van der Waals surface area contributed by atoms with Crippen LogP contribution >= 0.6 is 11.8 Å². The highest BCUT2D eigenvalue weighted by molar-refractivity contribution is 8.18. The molecular formula is C16H18N2O4S. The minimum Gasteiger partial charge on any atom is -0.504 e. The van der Waals surface area contributed by atoms with Crippen LogP contribution in [0.4, 0.5) is 0 Å². The van der Waals surface area contributed by atoms with Gasteiger partial charge in [0.25, 0.3) is 5.91 Å². The Hall–Kier alpha value is -1.99. The summed E-state index contributed by atoms with van der Waals surface area (Å²) in [5.74, 6) is 0.263. The summed E-state index contributed by atoms with van der Waals surface area (Å²) < 4.78 is 10.7. The molecule has 2 heterocycles. The van der Waals surface area contributed by atoms with Crippen LogP contribution in [0.1, 0.15) is 12.5 Å². The molecular weight excluding hydrogens is 316 g/mol. The van der Waals surface area contributed by atoms with Crippen LogP contribution in [-0.4, -0.2) is 54.0 Å². The molecule has 1 fully saturated rings. The zero-order valence-electron chi connectivity index (χ0n) is 12.8. The Labute approximate surface area is 138 Å². The summed E-state index contributed by atoms with van der Waals surface area (Å²) in [7, 11) is 0. The number of hydrogen-bond acceptors (Lipinski definition) is 6. The second-order valence-corrected chi connectivity index (χ2v) is 6.08. The third kappa shape index (κ3) is 3.68. The lowest BCUT2D eigenvalue weighted by Gasteiger charge is -2.27. The van der Waals surface area contributed by atoms with Gasteiger partial charge in [0.2, 0.25) is 0 Å². The van der Waals surface area contributed by atoms with Crippen molar-refractivity contribution in [3.05, 3.63) is 28.7 Å². The molecule has 1 aromatic carbocycles. The number of aliphatic imine (C=N–C) groups is 1.